The van der Waals surface area contributed by atoms with Crippen molar-refractivity contribution in [1.29, 1.82) is 0 Å². The number of hydrogen-bond acceptors (Lipinski definition) is 3. The Morgan fingerprint density at radius 3 is 2.74 bits per heavy atom. The molecule has 23 heavy (non-hydrogen) atoms. The Kier molecular flexibility index (Phi) is 4.37. The molecule has 2 heterocycles. The smallest absolute Gasteiger partial charge is 0.354 e. The summed E-state index contributed by atoms with van der Waals surface area (Å²) in [7, 11) is 0. The number of carboxylic acids is 1. The van der Waals surface area contributed by atoms with Crippen molar-refractivity contribution in [2.45, 2.75) is 45.4 Å². The van der Waals surface area contributed by atoms with E-state index in [1.165, 1.54) is 44.4 Å². The van der Waals surface area contributed by atoms with Gasteiger partial charge in [-0.2, -0.15) is 0 Å². The van der Waals surface area contributed by atoms with Gasteiger partial charge in [0.05, 0.1) is 0 Å². The number of piperidine rings is 1. The fraction of sp³-hybridized carbons (Fsp3) is 0.611. The highest BCUT2D eigenvalue weighted by molar-refractivity contribution is 5.96. The van der Waals surface area contributed by atoms with Crippen LogP contribution in [0.25, 0.3) is 0 Å². The van der Waals surface area contributed by atoms with Gasteiger partial charge in [0.2, 0.25) is 0 Å². The van der Waals surface area contributed by atoms with Crippen LogP contribution in [0.15, 0.2) is 18.3 Å². The van der Waals surface area contributed by atoms with Gasteiger partial charge in [-0.3, -0.25) is 4.79 Å². The zero-order valence-corrected chi connectivity index (χ0v) is 13.6. The van der Waals surface area contributed by atoms with E-state index < -0.39 is 5.97 Å². The van der Waals surface area contributed by atoms with E-state index in [2.05, 4.69) is 11.9 Å². The molecule has 5 nitrogen and oxygen atoms in total. The third-order valence-corrected chi connectivity index (χ3v) is 5.75. The number of aromatic carboxylic acids is 1. The molecule has 1 aliphatic heterocycles. The van der Waals surface area contributed by atoms with Gasteiger partial charge in [0.1, 0.15) is 5.69 Å². The largest absolute Gasteiger partial charge is 0.477 e. The number of carboxylic acid groups (broad SMARTS) is 1. The number of rotatable bonds is 2. The van der Waals surface area contributed by atoms with Crippen LogP contribution >= 0.6 is 0 Å². The van der Waals surface area contributed by atoms with Crippen molar-refractivity contribution in [2.24, 2.45) is 11.3 Å². The lowest BCUT2D eigenvalue weighted by Gasteiger charge is -2.49. The van der Waals surface area contributed by atoms with E-state index in [9.17, 15) is 9.59 Å². The highest BCUT2D eigenvalue weighted by atomic mass is 16.4. The van der Waals surface area contributed by atoms with E-state index >= 15 is 0 Å². The summed E-state index contributed by atoms with van der Waals surface area (Å²) in [4.78, 5) is 29.6. The van der Waals surface area contributed by atoms with E-state index in [0.29, 0.717) is 11.5 Å². The molecule has 124 valence electrons. The molecule has 2 fully saturated rings. The molecule has 2 aliphatic rings. The van der Waals surface area contributed by atoms with Gasteiger partial charge in [0, 0.05) is 24.8 Å². The van der Waals surface area contributed by atoms with Gasteiger partial charge >= 0.3 is 5.97 Å². The molecular weight excluding hydrogens is 292 g/mol. The van der Waals surface area contributed by atoms with Gasteiger partial charge in [-0.15, -0.1) is 0 Å². The Labute approximate surface area is 136 Å². The summed E-state index contributed by atoms with van der Waals surface area (Å²) in [5.41, 5.74) is 0.612. The quantitative estimate of drug-likeness (QED) is 0.909. The molecule has 0 aromatic carbocycles. The fourth-order valence-electron chi connectivity index (χ4n) is 4.21. The first kappa shape index (κ1) is 16.0. The number of aromatic nitrogens is 1. The lowest BCUT2D eigenvalue weighted by atomic mass is 9.63. The first-order valence-corrected chi connectivity index (χ1v) is 8.50. The molecule has 1 aromatic rings. The third kappa shape index (κ3) is 3.09. The van der Waals surface area contributed by atoms with Crippen molar-refractivity contribution < 1.29 is 14.7 Å². The molecule has 1 unspecified atom stereocenters. The second-order valence-corrected chi connectivity index (χ2v) is 7.07. The van der Waals surface area contributed by atoms with Crippen molar-refractivity contribution in [3.8, 4) is 0 Å². The summed E-state index contributed by atoms with van der Waals surface area (Å²) in [6.45, 7) is 3.88. The summed E-state index contributed by atoms with van der Waals surface area (Å²) in [6, 6.07) is 3.00. The Morgan fingerprint density at radius 2 is 2.04 bits per heavy atom. The zero-order chi connectivity index (χ0) is 16.4. The minimum Gasteiger partial charge on any atom is -0.477 e. The molecule has 1 amide bonds. The van der Waals surface area contributed by atoms with Crippen LogP contribution in [-0.4, -0.2) is 40.0 Å². The van der Waals surface area contributed by atoms with E-state index in [0.717, 1.165) is 19.5 Å². The van der Waals surface area contributed by atoms with Gasteiger partial charge < -0.3 is 10.0 Å². The summed E-state index contributed by atoms with van der Waals surface area (Å²) >= 11 is 0. The fourth-order valence-corrected chi connectivity index (χ4v) is 4.21. The standard InChI is InChI=1S/C18H24N2O3/c1-13-6-10-20(12-18(13)7-3-2-4-8-18)16(21)14-5-9-19-15(11-14)17(22)23/h5,9,11,13H,2-4,6-8,10,12H2,1H3,(H,22,23). The highest BCUT2D eigenvalue weighted by Gasteiger charge is 2.42. The lowest BCUT2D eigenvalue weighted by Crippen LogP contribution is -2.51. The average Bonchev–Trinajstić information content (AvgIpc) is 2.58. The number of pyridine rings is 1. The van der Waals surface area contributed by atoms with Crippen molar-refractivity contribution in [2.75, 3.05) is 13.1 Å². The SMILES string of the molecule is CC1CCN(C(=O)c2ccnc(C(=O)O)c2)CC12CCCCC2. The Morgan fingerprint density at radius 1 is 1.30 bits per heavy atom. The molecular formula is C18H24N2O3. The number of hydrogen-bond donors (Lipinski definition) is 1. The normalized spacial score (nSPS) is 23.7. The first-order chi connectivity index (χ1) is 11.0. The van der Waals surface area contributed by atoms with E-state index in [4.69, 9.17) is 5.11 Å². The number of amides is 1. The van der Waals surface area contributed by atoms with Crippen LogP contribution < -0.4 is 0 Å². The predicted octanol–water partition coefficient (Wildman–Crippen LogP) is 3.21. The molecule has 3 rings (SSSR count). The summed E-state index contributed by atoms with van der Waals surface area (Å²) < 4.78 is 0. The van der Waals surface area contributed by atoms with Gasteiger partial charge in [0.25, 0.3) is 5.91 Å². The molecule has 1 saturated heterocycles. The number of likely N-dealkylation sites (tertiary alicyclic amines) is 1. The molecule has 1 spiro atoms. The second-order valence-electron chi connectivity index (χ2n) is 7.07. The van der Waals surface area contributed by atoms with E-state index in [1.807, 2.05) is 4.90 Å². The van der Waals surface area contributed by atoms with Gasteiger partial charge in [-0.1, -0.05) is 26.2 Å². The monoisotopic (exact) mass is 316 g/mol. The van der Waals surface area contributed by atoms with Crippen LogP contribution in [0.4, 0.5) is 0 Å². The number of carbonyl (C=O) groups is 2. The molecule has 1 atom stereocenters. The van der Waals surface area contributed by atoms with E-state index in [-0.39, 0.29) is 17.0 Å². The highest BCUT2D eigenvalue weighted by Crippen LogP contribution is 2.47. The van der Waals surface area contributed by atoms with Crippen LogP contribution in [0.5, 0.6) is 0 Å². The van der Waals surface area contributed by atoms with Crippen LogP contribution in [-0.2, 0) is 0 Å². The van der Waals surface area contributed by atoms with Crippen LogP contribution in [0.2, 0.25) is 0 Å². The van der Waals surface area contributed by atoms with Crippen molar-refractivity contribution in [3.05, 3.63) is 29.6 Å². The van der Waals surface area contributed by atoms with Crippen LogP contribution in [0, 0.1) is 11.3 Å². The minimum absolute atomic E-state index is 0.0632. The van der Waals surface area contributed by atoms with Gasteiger partial charge in [0.15, 0.2) is 0 Å². The van der Waals surface area contributed by atoms with Crippen LogP contribution in [0.1, 0.15) is 66.3 Å². The molecule has 0 radical (unpaired) electrons. The van der Waals surface area contributed by atoms with E-state index in [1.54, 1.807) is 6.07 Å². The molecule has 1 saturated carbocycles. The summed E-state index contributed by atoms with van der Waals surface area (Å²) in [5, 5.41) is 9.05. The zero-order valence-electron chi connectivity index (χ0n) is 13.6. The van der Waals surface area contributed by atoms with Crippen molar-refractivity contribution >= 4 is 11.9 Å². The maximum atomic E-state index is 12.8. The predicted molar refractivity (Wildman–Crippen MR) is 86.4 cm³/mol. The third-order valence-electron chi connectivity index (χ3n) is 5.75. The lowest BCUT2D eigenvalue weighted by molar-refractivity contribution is 0.00682. The van der Waals surface area contributed by atoms with Crippen LogP contribution in [0.3, 0.4) is 0 Å². The first-order valence-electron chi connectivity index (χ1n) is 8.50. The minimum atomic E-state index is -1.10. The Balaban J connectivity index is 1.79. The molecule has 1 aromatic heterocycles. The van der Waals surface area contributed by atoms with Crippen molar-refractivity contribution in [1.82, 2.24) is 9.88 Å². The average molecular weight is 316 g/mol. The molecule has 0 bridgehead atoms. The van der Waals surface area contributed by atoms with Crippen molar-refractivity contribution in [3.63, 3.8) is 0 Å². The second kappa shape index (κ2) is 6.30. The topological polar surface area (TPSA) is 70.5 Å². The maximum Gasteiger partial charge on any atom is 0.354 e. The summed E-state index contributed by atoms with van der Waals surface area (Å²) in [5.74, 6) is -0.513. The number of carbonyl (C=O) groups excluding carboxylic acids is 1. The molecule has 1 aliphatic carbocycles. The maximum absolute atomic E-state index is 12.8. The van der Waals surface area contributed by atoms with Gasteiger partial charge in [-0.05, 0) is 42.7 Å². The Bertz CT molecular complexity index is 608. The number of nitrogens with zero attached hydrogens (tertiary/aromatic N) is 2. The molecule has 5 heteroatoms. The summed E-state index contributed by atoms with van der Waals surface area (Å²) in [6.07, 6.45) is 8.65. The van der Waals surface area contributed by atoms with Gasteiger partial charge in [-0.25, -0.2) is 9.78 Å². The Hall–Kier alpha value is -1.91. The molecule has 1 N–H and O–H groups in total.